The van der Waals surface area contributed by atoms with Gasteiger partial charge in [-0.3, -0.25) is 4.98 Å². The average molecular weight is 289 g/mol. The maximum absolute atomic E-state index is 4.99. The molecule has 0 saturated carbocycles. The Kier molecular flexibility index (Phi) is 3.98. The van der Waals surface area contributed by atoms with Crippen LogP contribution < -0.4 is 0 Å². The van der Waals surface area contributed by atoms with Gasteiger partial charge in [0.1, 0.15) is 0 Å². The maximum Gasteiger partial charge on any atom is 0.0783 e. The molecule has 0 unspecified atom stereocenters. The Balaban J connectivity index is 2.25. The van der Waals surface area contributed by atoms with Crippen molar-refractivity contribution < 1.29 is 0 Å². The lowest BCUT2D eigenvalue weighted by Crippen LogP contribution is -1.99. The fraction of sp³-hybridized carbons (Fsp3) is 0.286. The van der Waals surface area contributed by atoms with Gasteiger partial charge < -0.3 is 0 Å². The molecule has 0 saturated heterocycles. The van der Waals surface area contributed by atoms with Crippen LogP contribution in [-0.2, 0) is 6.42 Å². The van der Waals surface area contributed by atoms with Crippen LogP contribution in [0, 0.1) is 19.8 Å². The summed E-state index contributed by atoms with van der Waals surface area (Å²) in [4.78, 5) is 4.99. The topological polar surface area (TPSA) is 12.9 Å². The number of fused-ring (bicyclic) bond motifs is 1. The standard InChI is InChI=1S/C21H23N/c1-14(2)9-19-13-17-7-5-6-8-20(17)21(22-19)18-11-15(3)10-16(4)12-18/h5-8,10-14H,9H2,1-4H3. The first kappa shape index (κ1) is 14.8. The summed E-state index contributed by atoms with van der Waals surface area (Å²) in [5.74, 6) is 0.612. The van der Waals surface area contributed by atoms with Gasteiger partial charge >= 0.3 is 0 Å². The molecule has 0 aliphatic heterocycles. The van der Waals surface area contributed by atoms with E-state index in [0.29, 0.717) is 5.92 Å². The number of pyridine rings is 1. The highest BCUT2D eigenvalue weighted by molar-refractivity contribution is 5.95. The molecule has 0 bridgehead atoms. The molecule has 3 rings (SSSR count). The summed E-state index contributed by atoms with van der Waals surface area (Å²) in [6.07, 6.45) is 1.02. The van der Waals surface area contributed by atoms with Gasteiger partial charge in [-0.05, 0) is 49.8 Å². The molecule has 2 aromatic carbocycles. The fourth-order valence-corrected chi connectivity index (χ4v) is 3.11. The Bertz CT molecular complexity index is 795. The average Bonchev–Trinajstić information content (AvgIpc) is 2.44. The lowest BCUT2D eigenvalue weighted by molar-refractivity contribution is 0.636. The zero-order valence-corrected chi connectivity index (χ0v) is 13.9. The fourth-order valence-electron chi connectivity index (χ4n) is 3.11. The van der Waals surface area contributed by atoms with Gasteiger partial charge in [-0.15, -0.1) is 0 Å². The van der Waals surface area contributed by atoms with Crippen LogP contribution in [0.25, 0.3) is 22.0 Å². The Morgan fingerprint density at radius 1 is 0.909 bits per heavy atom. The van der Waals surface area contributed by atoms with Crippen molar-refractivity contribution in [2.45, 2.75) is 34.1 Å². The van der Waals surface area contributed by atoms with Crippen molar-refractivity contribution in [3.8, 4) is 11.3 Å². The van der Waals surface area contributed by atoms with E-state index in [4.69, 9.17) is 4.98 Å². The molecule has 0 aliphatic rings. The van der Waals surface area contributed by atoms with Gasteiger partial charge in [0, 0.05) is 16.6 Å². The first-order valence-corrected chi connectivity index (χ1v) is 8.00. The molecule has 1 heterocycles. The summed E-state index contributed by atoms with van der Waals surface area (Å²) in [6, 6.07) is 17.5. The van der Waals surface area contributed by atoms with E-state index in [2.05, 4.69) is 76.2 Å². The van der Waals surface area contributed by atoms with Crippen LogP contribution in [-0.4, -0.2) is 4.98 Å². The summed E-state index contributed by atoms with van der Waals surface area (Å²) in [5, 5.41) is 2.52. The number of hydrogen-bond donors (Lipinski definition) is 0. The molecule has 1 nitrogen and oxygen atoms in total. The molecular formula is C21H23N. The Morgan fingerprint density at radius 2 is 1.59 bits per heavy atom. The van der Waals surface area contributed by atoms with Crippen molar-refractivity contribution in [1.82, 2.24) is 4.98 Å². The van der Waals surface area contributed by atoms with Crippen LogP contribution >= 0.6 is 0 Å². The molecule has 0 radical (unpaired) electrons. The molecule has 0 N–H and O–H groups in total. The smallest absolute Gasteiger partial charge is 0.0783 e. The van der Waals surface area contributed by atoms with E-state index in [-0.39, 0.29) is 0 Å². The van der Waals surface area contributed by atoms with Crippen LogP contribution in [0.3, 0.4) is 0 Å². The van der Waals surface area contributed by atoms with E-state index in [1.54, 1.807) is 0 Å². The summed E-state index contributed by atoms with van der Waals surface area (Å²) >= 11 is 0. The van der Waals surface area contributed by atoms with Gasteiger partial charge in [0.05, 0.1) is 5.69 Å². The van der Waals surface area contributed by atoms with Gasteiger partial charge in [-0.1, -0.05) is 55.3 Å². The summed E-state index contributed by atoms with van der Waals surface area (Å²) in [6.45, 7) is 8.79. The van der Waals surface area contributed by atoms with Crippen LogP contribution in [0.5, 0.6) is 0 Å². The monoisotopic (exact) mass is 289 g/mol. The molecule has 0 fully saturated rings. The number of aromatic nitrogens is 1. The molecule has 0 aliphatic carbocycles. The minimum absolute atomic E-state index is 0.612. The Labute approximate surface area is 133 Å². The molecule has 0 atom stereocenters. The van der Waals surface area contributed by atoms with Gasteiger partial charge in [0.2, 0.25) is 0 Å². The van der Waals surface area contributed by atoms with Crippen LogP contribution in [0.15, 0.2) is 48.5 Å². The number of hydrogen-bond acceptors (Lipinski definition) is 1. The predicted molar refractivity (Wildman–Crippen MR) is 95.2 cm³/mol. The number of rotatable bonds is 3. The minimum Gasteiger partial charge on any atom is -0.252 e. The minimum atomic E-state index is 0.612. The van der Waals surface area contributed by atoms with Crippen molar-refractivity contribution in [3.63, 3.8) is 0 Å². The van der Waals surface area contributed by atoms with Crippen molar-refractivity contribution in [2.24, 2.45) is 5.92 Å². The van der Waals surface area contributed by atoms with Crippen LogP contribution in [0.4, 0.5) is 0 Å². The highest BCUT2D eigenvalue weighted by Gasteiger charge is 2.10. The van der Waals surface area contributed by atoms with E-state index < -0.39 is 0 Å². The largest absolute Gasteiger partial charge is 0.252 e. The normalized spacial score (nSPS) is 11.3. The van der Waals surface area contributed by atoms with E-state index in [9.17, 15) is 0 Å². The second kappa shape index (κ2) is 5.92. The van der Waals surface area contributed by atoms with Crippen molar-refractivity contribution in [3.05, 3.63) is 65.4 Å². The van der Waals surface area contributed by atoms with Crippen LogP contribution in [0.2, 0.25) is 0 Å². The van der Waals surface area contributed by atoms with Gasteiger partial charge in [-0.2, -0.15) is 0 Å². The van der Waals surface area contributed by atoms with Gasteiger partial charge in [0.25, 0.3) is 0 Å². The molecule has 3 aromatic rings. The number of benzene rings is 2. The zero-order valence-electron chi connectivity index (χ0n) is 13.9. The molecule has 0 spiro atoms. The van der Waals surface area contributed by atoms with E-state index in [1.165, 1.54) is 33.2 Å². The molecule has 112 valence electrons. The number of nitrogens with zero attached hydrogens (tertiary/aromatic N) is 1. The molecule has 0 amide bonds. The Morgan fingerprint density at radius 3 is 2.27 bits per heavy atom. The van der Waals surface area contributed by atoms with Crippen molar-refractivity contribution in [2.75, 3.05) is 0 Å². The van der Waals surface area contributed by atoms with Crippen molar-refractivity contribution >= 4 is 10.8 Å². The maximum atomic E-state index is 4.99. The quantitative estimate of drug-likeness (QED) is 0.601. The Hall–Kier alpha value is -2.15. The highest BCUT2D eigenvalue weighted by Crippen LogP contribution is 2.29. The van der Waals surface area contributed by atoms with E-state index >= 15 is 0 Å². The summed E-state index contributed by atoms with van der Waals surface area (Å²) < 4.78 is 0. The molecule has 1 heteroatoms. The lowest BCUT2D eigenvalue weighted by atomic mass is 9.98. The van der Waals surface area contributed by atoms with Gasteiger partial charge in [-0.25, -0.2) is 0 Å². The number of aryl methyl sites for hydroxylation is 2. The van der Waals surface area contributed by atoms with Crippen LogP contribution in [0.1, 0.15) is 30.7 Å². The molecule has 1 aromatic heterocycles. The third-order valence-corrected chi connectivity index (χ3v) is 3.91. The lowest BCUT2D eigenvalue weighted by Gasteiger charge is -2.12. The highest BCUT2D eigenvalue weighted by atomic mass is 14.7. The summed E-state index contributed by atoms with van der Waals surface area (Å²) in [5.41, 5.74) is 6.09. The summed E-state index contributed by atoms with van der Waals surface area (Å²) in [7, 11) is 0. The van der Waals surface area contributed by atoms with Crippen molar-refractivity contribution in [1.29, 1.82) is 0 Å². The third kappa shape index (κ3) is 3.04. The predicted octanol–water partition coefficient (Wildman–Crippen LogP) is 5.72. The zero-order chi connectivity index (χ0) is 15.7. The molecular weight excluding hydrogens is 266 g/mol. The first-order chi connectivity index (χ1) is 10.5. The third-order valence-electron chi connectivity index (χ3n) is 3.91. The SMILES string of the molecule is Cc1cc(C)cc(-c2nc(CC(C)C)cc3ccccc23)c1. The second-order valence-corrected chi connectivity index (χ2v) is 6.66. The van der Waals surface area contributed by atoms with Gasteiger partial charge in [0.15, 0.2) is 0 Å². The first-order valence-electron chi connectivity index (χ1n) is 8.00. The van der Waals surface area contributed by atoms with E-state index in [1.807, 2.05) is 0 Å². The molecule has 22 heavy (non-hydrogen) atoms. The second-order valence-electron chi connectivity index (χ2n) is 6.66. The van der Waals surface area contributed by atoms with E-state index in [0.717, 1.165) is 12.1 Å².